The Morgan fingerprint density at radius 1 is 1.24 bits per heavy atom. The number of ether oxygens (including phenoxy) is 2. The molecule has 0 saturated carbocycles. The molecule has 0 bridgehead atoms. The Balaban J connectivity index is 1.66. The molecule has 2 aliphatic rings. The minimum absolute atomic E-state index is 0.0890. The molecular formula is C21H32FN3O4. The number of hydrogen-bond donors (Lipinski definition) is 1. The highest BCUT2D eigenvalue weighted by molar-refractivity contribution is 5.94. The molecule has 1 aromatic carbocycles. The van der Waals surface area contributed by atoms with E-state index in [0.717, 1.165) is 19.6 Å². The first-order valence-electron chi connectivity index (χ1n) is 10.4. The minimum Gasteiger partial charge on any atom is -0.392 e. The third-order valence-corrected chi connectivity index (χ3v) is 5.35. The van der Waals surface area contributed by atoms with E-state index in [1.807, 2.05) is 0 Å². The maximum absolute atomic E-state index is 14.2. The fourth-order valence-electron chi connectivity index (χ4n) is 3.84. The predicted molar refractivity (Wildman–Crippen MR) is 107 cm³/mol. The molecule has 8 heteroatoms. The predicted octanol–water partition coefficient (Wildman–Crippen LogP) is 0.682. The van der Waals surface area contributed by atoms with Gasteiger partial charge in [0.2, 0.25) is 0 Å². The van der Waals surface area contributed by atoms with Crippen molar-refractivity contribution in [3.05, 3.63) is 35.6 Å². The summed E-state index contributed by atoms with van der Waals surface area (Å²) in [5, 5.41) is 9.66. The van der Waals surface area contributed by atoms with Crippen molar-refractivity contribution < 1.29 is 23.8 Å². The Hall–Kier alpha value is -1.58. The van der Waals surface area contributed by atoms with Gasteiger partial charge >= 0.3 is 0 Å². The molecule has 3 rings (SSSR count). The minimum atomic E-state index is -0.505. The average molecular weight is 410 g/mol. The number of carbonyl (C=O) groups excluding carboxylic acids is 1. The molecule has 1 amide bonds. The van der Waals surface area contributed by atoms with Crippen LogP contribution in [0.5, 0.6) is 0 Å². The second kappa shape index (κ2) is 11.0. The van der Waals surface area contributed by atoms with Crippen LogP contribution in [0.4, 0.5) is 4.39 Å². The zero-order chi connectivity index (χ0) is 20.6. The van der Waals surface area contributed by atoms with E-state index in [0.29, 0.717) is 52.5 Å². The number of amides is 1. The number of halogens is 1. The summed E-state index contributed by atoms with van der Waals surface area (Å²) in [6, 6.07) is 6.11. The molecule has 0 aliphatic carbocycles. The molecule has 2 heterocycles. The number of rotatable bonds is 8. The van der Waals surface area contributed by atoms with Crippen LogP contribution >= 0.6 is 0 Å². The molecule has 1 aromatic rings. The molecule has 2 unspecified atom stereocenters. The van der Waals surface area contributed by atoms with Gasteiger partial charge in [0.1, 0.15) is 5.82 Å². The molecule has 162 valence electrons. The van der Waals surface area contributed by atoms with Crippen molar-refractivity contribution in [2.45, 2.75) is 19.1 Å². The molecule has 0 radical (unpaired) electrons. The van der Waals surface area contributed by atoms with Gasteiger partial charge in [-0.05, 0) is 19.1 Å². The van der Waals surface area contributed by atoms with E-state index in [-0.39, 0.29) is 17.6 Å². The van der Waals surface area contributed by atoms with Gasteiger partial charge in [0.25, 0.3) is 5.91 Å². The highest BCUT2D eigenvalue weighted by Gasteiger charge is 2.27. The number of nitrogens with zero attached hydrogens (tertiary/aromatic N) is 3. The standard InChI is InChI=1S/C21H32FN3O4/c1-17(26)14-24-10-13-29-18(15-24)16-25(7-6-23-8-11-28-12-9-23)21(27)19-4-2-3-5-20(19)22/h2-5,17-18,26H,6-16H2,1H3. The van der Waals surface area contributed by atoms with Gasteiger partial charge in [0.15, 0.2) is 0 Å². The highest BCUT2D eigenvalue weighted by atomic mass is 19.1. The van der Waals surface area contributed by atoms with E-state index in [1.54, 1.807) is 24.0 Å². The number of aliphatic hydroxyl groups excluding tert-OH is 1. The average Bonchev–Trinajstić information content (AvgIpc) is 2.71. The molecule has 29 heavy (non-hydrogen) atoms. The highest BCUT2D eigenvalue weighted by Crippen LogP contribution is 2.14. The van der Waals surface area contributed by atoms with E-state index >= 15 is 0 Å². The van der Waals surface area contributed by atoms with Gasteiger partial charge < -0.3 is 19.5 Å². The molecule has 2 fully saturated rings. The zero-order valence-electron chi connectivity index (χ0n) is 17.1. The largest absolute Gasteiger partial charge is 0.392 e. The molecule has 2 saturated heterocycles. The van der Waals surface area contributed by atoms with Crippen molar-refractivity contribution in [3.63, 3.8) is 0 Å². The Morgan fingerprint density at radius 3 is 2.69 bits per heavy atom. The molecule has 0 aromatic heterocycles. The van der Waals surface area contributed by atoms with Crippen LogP contribution < -0.4 is 0 Å². The second-order valence-electron chi connectivity index (χ2n) is 7.79. The van der Waals surface area contributed by atoms with E-state index in [2.05, 4.69) is 9.80 Å². The summed E-state index contributed by atoms with van der Waals surface area (Å²) in [6.45, 7) is 8.99. The molecule has 1 N–H and O–H groups in total. The van der Waals surface area contributed by atoms with E-state index in [1.165, 1.54) is 12.1 Å². The number of carbonyl (C=O) groups is 1. The summed E-state index contributed by atoms with van der Waals surface area (Å²) >= 11 is 0. The van der Waals surface area contributed by atoms with Crippen LogP contribution in [-0.4, -0.2) is 110 Å². The lowest BCUT2D eigenvalue weighted by atomic mass is 10.1. The van der Waals surface area contributed by atoms with E-state index in [9.17, 15) is 14.3 Å². The summed E-state index contributed by atoms with van der Waals surface area (Å²) in [5.74, 6) is -0.818. The third-order valence-electron chi connectivity index (χ3n) is 5.35. The Kier molecular flexibility index (Phi) is 8.38. The first-order valence-corrected chi connectivity index (χ1v) is 10.4. The van der Waals surface area contributed by atoms with Gasteiger partial charge in [0.05, 0.1) is 37.6 Å². The smallest absolute Gasteiger partial charge is 0.256 e. The van der Waals surface area contributed by atoms with Gasteiger partial charge in [-0.15, -0.1) is 0 Å². The molecule has 7 nitrogen and oxygen atoms in total. The van der Waals surface area contributed by atoms with Crippen LogP contribution in [0, 0.1) is 5.82 Å². The van der Waals surface area contributed by atoms with Crippen LogP contribution in [0.3, 0.4) is 0 Å². The summed E-state index contributed by atoms with van der Waals surface area (Å²) in [7, 11) is 0. The van der Waals surface area contributed by atoms with Crippen molar-refractivity contribution in [2.75, 3.05) is 72.2 Å². The maximum atomic E-state index is 14.2. The van der Waals surface area contributed by atoms with Gasteiger partial charge in [-0.25, -0.2) is 4.39 Å². The SMILES string of the molecule is CC(O)CN1CCOC(CN(CCN2CCOCC2)C(=O)c2ccccc2F)C1. The van der Waals surface area contributed by atoms with Crippen LogP contribution in [0.25, 0.3) is 0 Å². The lowest BCUT2D eigenvalue weighted by Gasteiger charge is -2.37. The lowest BCUT2D eigenvalue weighted by Crippen LogP contribution is -2.51. The number of β-amino-alcohol motifs (C(OH)–C–C–N with tert-alkyl or cyclic N) is 1. The van der Waals surface area contributed by atoms with Gasteiger partial charge in [-0.2, -0.15) is 0 Å². The second-order valence-corrected chi connectivity index (χ2v) is 7.79. The number of benzene rings is 1. The first kappa shape index (κ1) is 22.1. The van der Waals surface area contributed by atoms with E-state index in [4.69, 9.17) is 9.47 Å². The van der Waals surface area contributed by atoms with Gasteiger partial charge in [0, 0.05) is 52.4 Å². The quantitative estimate of drug-likeness (QED) is 0.681. The Morgan fingerprint density at radius 2 is 1.97 bits per heavy atom. The Bertz CT molecular complexity index is 655. The maximum Gasteiger partial charge on any atom is 0.256 e. The van der Waals surface area contributed by atoms with Crippen molar-refractivity contribution >= 4 is 5.91 Å². The monoisotopic (exact) mass is 409 g/mol. The fourth-order valence-corrected chi connectivity index (χ4v) is 3.84. The van der Waals surface area contributed by atoms with Crippen molar-refractivity contribution in [3.8, 4) is 0 Å². The van der Waals surface area contributed by atoms with Crippen LogP contribution in [0.15, 0.2) is 24.3 Å². The molecule has 2 atom stereocenters. The van der Waals surface area contributed by atoms with Crippen LogP contribution in [0.2, 0.25) is 0 Å². The zero-order valence-corrected chi connectivity index (χ0v) is 17.1. The third kappa shape index (κ3) is 6.72. The fraction of sp³-hybridized carbons (Fsp3) is 0.667. The molecular weight excluding hydrogens is 377 g/mol. The number of hydrogen-bond acceptors (Lipinski definition) is 6. The topological polar surface area (TPSA) is 65.5 Å². The van der Waals surface area contributed by atoms with Crippen molar-refractivity contribution in [1.29, 1.82) is 0 Å². The summed E-state index contributed by atoms with van der Waals surface area (Å²) < 4.78 is 25.5. The van der Waals surface area contributed by atoms with Gasteiger partial charge in [-0.1, -0.05) is 12.1 Å². The normalized spacial score (nSPS) is 22.4. The number of morpholine rings is 2. The van der Waals surface area contributed by atoms with Crippen molar-refractivity contribution in [2.24, 2.45) is 0 Å². The summed E-state index contributed by atoms with van der Waals surface area (Å²) in [6.07, 6.45) is -0.575. The number of aliphatic hydroxyl groups is 1. The lowest BCUT2D eigenvalue weighted by molar-refractivity contribution is -0.0502. The van der Waals surface area contributed by atoms with E-state index < -0.39 is 11.9 Å². The molecule has 0 spiro atoms. The summed E-state index contributed by atoms with van der Waals surface area (Å²) in [4.78, 5) is 19.2. The van der Waals surface area contributed by atoms with Gasteiger partial charge in [-0.3, -0.25) is 14.6 Å². The van der Waals surface area contributed by atoms with Crippen LogP contribution in [-0.2, 0) is 9.47 Å². The molecule has 2 aliphatic heterocycles. The van der Waals surface area contributed by atoms with Crippen LogP contribution in [0.1, 0.15) is 17.3 Å². The Labute approximate surface area is 172 Å². The van der Waals surface area contributed by atoms with Crippen molar-refractivity contribution in [1.82, 2.24) is 14.7 Å². The first-order chi connectivity index (χ1) is 14.0. The summed E-state index contributed by atoms with van der Waals surface area (Å²) in [5.41, 5.74) is 0.0890.